The lowest BCUT2D eigenvalue weighted by Gasteiger charge is -2.30. The molecule has 154 valence electrons. The molecule has 29 heavy (non-hydrogen) atoms. The molecule has 8 heteroatoms. The van der Waals surface area contributed by atoms with Crippen LogP contribution in [0.25, 0.3) is 0 Å². The van der Waals surface area contributed by atoms with Crippen LogP contribution in [0.3, 0.4) is 0 Å². The zero-order chi connectivity index (χ0) is 21.4. The molecule has 4 N–H and O–H groups in total. The first kappa shape index (κ1) is 22.4. The molecule has 2 unspecified atom stereocenters. The lowest BCUT2D eigenvalue weighted by atomic mass is 9.95. The summed E-state index contributed by atoms with van der Waals surface area (Å²) in [5.74, 6) is 9.71. The molecule has 2 rings (SSSR count). The summed E-state index contributed by atoms with van der Waals surface area (Å²) in [4.78, 5) is 23.9. The van der Waals surface area contributed by atoms with Gasteiger partial charge in [0.15, 0.2) is 5.60 Å². The topological polar surface area (TPSA) is 98.7 Å². The van der Waals surface area contributed by atoms with E-state index in [4.69, 9.17) is 5.21 Å². The second-order valence-corrected chi connectivity index (χ2v) is 6.99. The summed E-state index contributed by atoms with van der Waals surface area (Å²) in [6.07, 6.45) is 1.26. The SMILES string of the molecule is CC(O)(C(F)F)C(NC(=O)c1ccc(C#CC#CC2CCCC2)cc1)C(=O)NO. The molecule has 0 heterocycles. The fourth-order valence-electron chi connectivity index (χ4n) is 2.90. The first-order valence-corrected chi connectivity index (χ1v) is 9.12. The fourth-order valence-corrected chi connectivity index (χ4v) is 2.90. The van der Waals surface area contributed by atoms with E-state index in [0.29, 0.717) is 18.4 Å². The van der Waals surface area contributed by atoms with Gasteiger partial charge >= 0.3 is 0 Å². The summed E-state index contributed by atoms with van der Waals surface area (Å²) in [5, 5.41) is 20.5. The van der Waals surface area contributed by atoms with Gasteiger partial charge in [-0.25, -0.2) is 14.3 Å². The Morgan fingerprint density at radius 1 is 1.17 bits per heavy atom. The van der Waals surface area contributed by atoms with E-state index in [0.717, 1.165) is 18.3 Å². The maximum Gasteiger partial charge on any atom is 0.269 e. The van der Waals surface area contributed by atoms with Gasteiger partial charge in [-0.3, -0.25) is 14.8 Å². The van der Waals surface area contributed by atoms with Crippen LogP contribution in [0.1, 0.15) is 48.5 Å². The largest absolute Gasteiger partial charge is 0.381 e. The predicted octanol–water partition coefficient (Wildman–Crippen LogP) is 1.85. The Bertz CT molecular complexity index is 855. The van der Waals surface area contributed by atoms with Crippen molar-refractivity contribution in [3.63, 3.8) is 0 Å². The quantitative estimate of drug-likeness (QED) is 0.342. The fraction of sp³-hybridized carbons (Fsp3) is 0.429. The second-order valence-electron chi connectivity index (χ2n) is 6.99. The molecule has 2 amide bonds. The monoisotopic (exact) mass is 404 g/mol. The number of halogens is 2. The number of carbonyl (C=O) groups is 2. The predicted molar refractivity (Wildman–Crippen MR) is 101 cm³/mol. The Morgan fingerprint density at radius 2 is 1.79 bits per heavy atom. The molecule has 1 saturated carbocycles. The van der Waals surface area contributed by atoms with Crippen molar-refractivity contribution < 1.29 is 28.7 Å². The van der Waals surface area contributed by atoms with Gasteiger partial charge in [0.05, 0.1) is 0 Å². The van der Waals surface area contributed by atoms with Gasteiger partial charge in [0.1, 0.15) is 6.04 Å². The van der Waals surface area contributed by atoms with Crippen LogP contribution in [-0.4, -0.2) is 40.2 Å². The molecule has 1 aliphatic rings. The highest BCUT2D eigenvalue weighted by Crippen LogP contribution is 2.23. The van der Waals surface area contributed by atoms with Gasteiger partial charge in [0.25, 0.3) is 18.2 Å². The normalized spacial score (nSPS) is 16.6. The third-order valence-electron chi connectivity index (χ3n) is 4.72. The number of hydrogen-bond donors (Lipinski definition) is 4. The van der Waals surface area contributed by atoms with Gasteiger partial charge in [-0.2, -0.15) is 0 Å². The number of carbonyl (C=O) groups excluding carboxylic acids is 2. The highest BCUT2D eigenvalue weighted by Gasteiger charge is 2.46. The summed E-state index contributed by atoms with van der Waals surface area (Å²) < 4.78 is 26.0. The highest BCUT2D eigenvalue weighted by molar-refractivity contribution is 5.97. The summed E-state index contributed by atoms with van der Waals surface area (Å²) >= 11 is 0. The summed E-state index contributed by atoms with van der Waals surface area (Å²) in [7, 11) is 0. The van der Waals surface area contributed by atoms with Crippen LogP contribution in [0, 0.1) is 29.6 Å². The van der Waals surface area contributed by atoms with E-state index < -0.39 is 29.9 Å². The number of rotatable bonds is 5. The molecular weight excluding hydrogens is 382 g/mol. The van der Waals surface area contributed by atoms with Crippen LogP contribution in [-0.2, 0) is 4.79 Å². The minimum atomic E-state index is -3.34. The molecule has 0 bridgehead atoms. The second kappa shape index (κ2) is 10.0. The molecule has 6 nitrogen and oxygen atoms in total. The van der Waals surface area contributed by atoms with E-state index in [1.54, 1.807) is 12.1 Å². The molecule has 2 atom stereocenters. The number of hydroxylamine groups is 1. The number of nitrogens with one attached hydrogen (secondary N) is 2. The molecule has 1 fully saturated rings. The molecule has 0 spiro atoms. The average Bonchev–Trinajstić information content (AvgIpc) is 3.22. The summed E-state index contributed by atoms with van der Waals surface area (Å²) in [6.45, 7) is 0.684. The summed E-state index contributed by atoms with van der Waals surface area (Å²) in [5.41, 5.74) is -1.05. The Balaban J connectivity index is 2.06. The van der Waals surface area contributed by atoms with Gasteiger partial charge in [0, 0.05) is 17.0 Å². The van der Waals surface area contributed by atoms with E-state index in [-0.39, 0.29) is 5.56 Å². The number of hydrogen-bond acceptors (Lipinski definition) is 4. The zero-order valence-corrected chi connectivity index (χ0v) is 15.8. The lowest BCUT2D eigenvalue weighted by Crippen LogP contribution is -2.61. The maximum atomic E-state index is 13.0. The number of amides is 2. The van der Waals surface area contributed by atoms with Crippen molar-refractivity contribution in [3.05, 3.63) is 35.4 Å². The molecule has 0 saturated heterocycles. The van der Waals surface area contributed by atoms with Crippen molar-refractivity contribution in [2.75, 3.05) is 0 Å². The molecule has 0 radical (unpaired) electrons. The first-order valence-electron chi connectivity index (χ1n) is 9.12. The third-order valence-corrected chi connectivity index (χ3v) is 4.72. The van der Waals surface area contributed by atoms with Crippen LogP contribution < -0.4 is 10.8 Å². The number of alkyl halides is 2. The third kappa shape index (κ3) is 6.02. The lowest BCUT2D eigenvalue weighted by molar-refractivity contribution is -0.149. The van der Waals surface area contributed by atoms with Crippen LogP contribution in [0.2, 0.25) is 0 Å². The molecule has 1 aliphatic carbocycles. The average molecular weight is 404 g/mol. The Labute approximate surface area is 167 Å². The minimum absolute atomic E-state index is 0.0633. The number of benzene rings is 1. The first-order chi connectivity index (χ1) is 13.8. The van der Waals surface area contributed by atoms with Gasteiger partial charge < -0.3 is 10.4 Å². The van der Waals surface area contributed by atoms with E-state index in [2.05, 4.69) is 23.7 Å². The van der Waals surface area contributed by atoms with Crippen molar-refractivity contribution >= 4 is 11.8 Å². The molecule has 1 aromatic carbocycles. The van der Waals surface area contributed by atoms with Crippen molar-refractivity contribution in [2.45, 2.75) is 50.7 Å². The van der Waals surface area contributed by atoms with Gasteiger partial charge in [-0.05, 0) is 55.9 Å². The highest BCUT2D eigenvalue weighted by atomic mass is 19.3. The van der Waals surface area contributed by atoms with Crippen molar-refractivity contribution in [1.82, 2.24) is 10.8 Å². The Hall–Kier alpha value is -2.94. The van der Waals surface area contributed by atoms with E-state index in [1.807, 2.05) is 5.32 Å². The Morgan fingerprint density at radius 3 is 2.34 bits per heavy atom. The van der Waals surface area contributed by atoms with Crippen molar-refractivity contribution in [1.29, 1.82) is 0 Å². The van der Waals surface area contributed by atoms with Gasteiger partial charge in [-0.15, -0.1) is 0 Å². The minimum Gasteiger partial charge on any atom is -0.381 e. The van der Waals surface area contributed by atoms with Gasteiger partial charge in [-0.1, -0.05) is 24.7 Å². The van der Waals surface area contributed by atoms with Crippen molar-refractivity contribution in [3.8, 4) is 23.7 Å². The van der Waals surface area contributed by atoms with E-state index in [9.17, 15) is 23.5 Å². The summed E-state index contributed by atoms with van der Waals surface area (Å²) in [6, 6.07) is 3.82. The zero-order valence-electron chi connectivity index (χ0n) is 15.8. The Kier molecular flexibility index (Phi) is 7.72. The smallest absolute Gasteiger partial charge is 0.269 e. The van der Waals surface area contributed by atoms with Crippen LogP contribution in [0.15, 0.2) is 24.3 Å². The standard InChI is InChI=1S/C21H22F2N2O4/c1-21(28,20(22)23)17(19(27)25-29)24-18(26)16-12-10-15(11-13-16)9-5-4-8-14-6-2-3-7-14/h10-14,17,20,28-29H,2-3,6-7H2,1H3,(H,24,26)(H,25,27). The maximum absolute atomic E-state index is 13.0. The molecule has 0 aliphatic heterocycles. The van der Waals surface area contributed by atoms with E-state index >= 15 is 0 Å². The van der Waals surface area contributed by atoms with Crippen molar-refractivity contribution in [2.24, 2.45) is 5.92 Å². The van der Waals surface area contributed by atoms with Crippen LogP contribution in [0.5, 0.6) is 0 Å². The van der Waals surface area contributed by atoms with E-state index in [1.165, 1.54) is 25.0 Å². The molecule has 0 aromatic heterocycles. The van der Waals surface area contributed by atoms with Crippen LogP contribution >= 0.6 is 0 Å². The van der Waals surface area contributed by atoms with Gasteiger partial charge in [0.2, 0.25) is 0 Å². The molecular formula is C21H22F2N2O4. The van der Waals surface area contributed by atoms with Crippen LogP contribution in [0.4, 0.5) is 8.78 Å². The number of aliphatic hydroxyl groups is 1. The molecule has 1 aromatic rings.